The van der Waals surface area contributed by atoms with Gasteiger partial charge in [0.05, 0.1) is 12.3 Å². The van der Waals surface area contributed by atoms with Gasteiger partial charge in [-0.3, -0.25) is 0 Å². The third-order valence-corrected chi connectivity index (χ3v) is 18.0. The van der Waals surface area contributed by atoms with Crippen LogP contribution in [0.5, 0.6) is 0 Å². The number of rotatable bonds is 3. The Balaban J connectivity index is 2.11. The Labute approximate surface area is 142 Å². The molecule has 0 nitrogen and oxygen atoms in total. The third kappa shape index (κ3) is 3.91. The molecule has 0 aliphatic carbocycles. The average Bonchev–Trinajstić information content (AvgIpc) is 2.70. The van der Waals surface area contributed by atoms with E-state index >= 15 is 0 Å². The minimum Gasteiger partial charge on any atom is -0.179 e. The van der Waals surface area contributed by atoms with Crippen molar-refractivity contribution in [3.63, 3.8) is 0 Å². The summed E-state index contributed by atoms with van der Waals surface area (Å²) in [6.07, 6.45) is 14.4. The van der Waals surface area contributed by atoms with Gasteiger partial charge in [-0.05, 0) is 79.1 Å². The Bertz CT molecular complexity index is 294. The van der Waals surface area contributed by atoms with Crippen LogP contribution in [0.1, 0.15) is 79.1 Å². The second-order valence-corrected chi connectivity index (χ2v) is 17.5. The molecule has 0 saturated carbocycles. The minimum atomic E-state index is -1.03. The van der Waals surface area contributed by atoms with Crippen molar-refractivity contribution in [2.45, 2.75) is 102 Å². The van der Waals surface area contributed by atoms with Crippen LogP contribution in [-0.2, 0) is 0 Å². The average molecular weight is 342 g/mol. The summed E-state index contributed by atoms with van der Waals surface area (Å²) in [6, 6.07) is 0. The summed E-state index contributed by atoms with van der Waals surface area (Å²) in [5.41, 5.74) is 3.59. The highest BCUT2D eigenvalue weighted by atomic mass is 31.2. The van der Waals surface area contributed by atoms with Crippen molar-refractivity contribution in [2.75, 3.05) is 12.3 Å². The molecule has 2 heteroatoms. The highest BCUT2D eigenvalue weighted by molar-refractivity contribution is 7.82. The molecule has 0 N–H and O–H groups in total. The predicted molar refractivity (Wildman–Crippen MR) is 109 cm³/mol. The standard InChI is InChI=1S/C20H40P2/c1-17-11-7-8-12-18(2)21(17,5)15-16-22(6)19(3)13-9-10-14-20(22)4/h17-20H,5-16H2,1-4H3/t17-,18-,19-,20-/m0/s1. The summed E-state index contributed by atoms with van der Waals surface area (Å²) in [6.45, 7) is 20.0. The molecule has 2 saturated heterocycles. The van der Waals surface area contributed by atoms with Gasteiger partial charge in [0.1, 0.15) is 0 Å². The molecular weight excluding hydrogens is 302 g/mol. The molecule has 22 heavy (non-hydrogen) atoms. The highest BCUT2D eigenvalue weighted by Crippen LogP contribution is 2.75. The summed E-state index contributed by atoms with van der Waals surface area (Å²) in [4.78, 5) is 0. The van der Waals surface area contributed by atoms with E-state index in [1.807, 2.05) is 0 Å². The van der Waals surface area contributed by atoms with E-state index in [1.54, 1.807) is 0 Å². The zero-order valence-electron chi connectivity index (χ0n) is 15.7. The van der Waals surface area contributed by atoms with Gasteiger partial charge in [-0.15, -0.1) is 14.5 Å². The monoisotopic (exact) mass is 342 g/mol. The van der Waals surface area contributed by atoms with E-state index in [4.69, 9.17) is 13.3 Å². The topological polar surface area (TPSA) is 0 Å². The summed E-state index contributed by atoms with van der Waals surface area (Å²) >= 11 is 0. The van der Waals surface area contributed by atoms with E-state index in [-0.39, 0.29) is 0 Å². The van der Waals surface area contributed by atoms with E-state index in [2.05, 4.69) is 27.7 Å². The van der Waals surface area contributed by atoms with Crippen molar-refractivity contribution < 1.29 is 0 Å². The molecule has 0 amide bonds. The van der Waals surface area contributed by atoms with Crippen LogP contribution in [0, 0.1) is 13.3 Å². The Morgan fingerprint density at radius 1 is 0.591 bits per heavy atom. The van der Waals surface area contributed by atoms with Gasteiger partial charge in [-0.25, -0.2) is 0 Å². The van der Waals surface area contributed by atoms with Crippen LogP contribution in [-0.4, -0.2) is 35.0 Å². The Kier molecular flexibility index (Phi) is 6.83. The molecule has 2 rings (SSSR count). The molecule has 0 aromatic carbocycles. The van der Waals surface area contributed by atoms with Crippen molar-refractivity contribution in [2.24, 2.45) is 0 Å². The largest absolute Gasteiger partial charge is 0.179 e. The Morgan fingerprint density at radius 2 is 0.818 bits per heavy atom. The van der Waals surface area contributed by atoms with Gasteiger partial charge in [-0.2, -0.15) is 13.3 Å². The van der Waals surface area contributed by atoms with Crippen molar-refractivity contribution in [3.05, 3.63) is 13.3 Å². The van der Waals surface area contributed by atoms with Gasteiger partial charge in [-0.1, -0.05) is 0 Å². The molecule has 0 aromatic heterocycles. The second-order valence-electron chi connectivity index (χ2n) is 8.62. The number of hydrogen-bond acceptors (Lipinski definition) is 0. The van der Waals surface area contributed by atoms with Crippen LogP contribution in [0.15, 0.2) is 0 Å². The van der Waals surface area contributed by atoms with Crippen LogP contribution in [0.3, 0.4) is 0 Å². The first-order chi connectivity index (χ1) is 10.3. The van der Waals surface area contributed by atoms with Gasteiger partial charge in [0.2, 0.25) is 0 Å². The van der Waals surface area contributed by atoms with E-state index < -0.39 is 14.5 Å². The van der Waals surface area contributed by atoms with Crippen molar-refractivity contribution in [1.29, 1.82) is 0 Å². The lowest BCUT2D eigenvalue weighted by atomic mass is 10.1. The summed E-state index contributed by atoms with van der Waals surface area (Å²) in [5, 5.41) is 0. The van der Waals surface area contributed by atoms with Crippen LogP contribution in [0.25, 0.3) is 0 Å². The molecule has 0 aromatic rings. The first kappa shape index (κ1) is 19.2. The molecule has 0 unspecified atom stereocenters. The molecule has 2 heterocycles. The Morgan fingerprint density at radius 3 is 1.05 bits per heavy atom. The van der Waals surface area contributed by atoms with E-state index in [1.165, 1.54) is 63.7 Å². The van der Waals surface area contributed by atoms with Gasteiger partial charge >= 0.3 is 0 Å². The summed E-state index contributed by atoms with van der Waals surface area (Å²) in [7, 11) is -2.06. The molecule has 0 radical (unpaired) electrons. The zero-order chi connectivity index (χ0) is 16.4. The maximum absolute atomic E-state index is 4.94. The van der Waals surface area contributed by atoms with Gasteiger partial charge in [0, 0.05) is 22.6 Å². The molecule has 4 atom stereocenters. The molecule has 0 bridgehead atoms. The van der Waals surface area contributed by atoms with Crippen molar-refractivity contribution >= 4 is 14.5 Å². The van der Waals surface area contributed by atoms with Crippen LogP contribution >= 0.6 is 14.5 Å². The molecule has 2 fully saturated rings. The molecular formula is C20H40P2. The smallest absolute Gasteiger partial charge is 0.0642 e. The van der Waals surface area contributed by atoms with E-state index in [0.29, 0.717) is 0 Å². The lowest BCUT2D eigenvalue weighted by Crippen LogP contribution is -2.25. The summed E-state index contributed by atoms with van der Waals surface area (Å²) in [5.74, 6) is 0. The molecule has 0 spiro atoms. The fraction of sp³-hybridized carbons (Fsp3) is 0.900. The van der Waals surface area contributed by atoms with Crippen molar-refractivity contribution in [3.8, 4) is 0 Å². The highest BCUT2D eigenvalue weighted by Gasteiger charge is 2.44. The van der Waals surface area contributed by atoms with Gasteiger partial charge in [0.25, 0.3) is 0 Å². The SMILES string of the molecule is [CH2-][P+]1(CC[P+]2([CH2-])[C@@H](C)CCCC[C@@H]2C)[C@@H](C)CCCC[C@@H]1C. The quantitative estimate of drug-likeness (QED) is 0.372. The summed E-state index contributed by atoms with van der Waals surface area (Å²) < 4.78 is 0. The first-order valence-electron chi connectivity index (χ1n) is 9.74. The van der Waals surface area contributed by atoms with Crippen LogP contribution in [0.2, 0.25) is 0 Å². The fourth-order valence-electron chi connectivity index (χ4n) is 4.91. The van der Waals surface area contributed by atoms with Crippen LogP contribution < -0.4 is 0 Å². The lowest BCUT2D eigenvalue weighted by molar-refractivity contribution is 0.662. The molecule has 2 aliphatic heterocycles. The first-order valence-corrected chi connectivity index (χ1v) is 14.3. The third-order valence-electron chi connectivity index (χ3n) is 7.43. The van der Waals surface area contributed by atoms with Crippen LogP contribution in [0.4, 0.5) is 0 Å². The maximum Gasteiger partial charge on any atom is 0.0642 e. The predicted octanol–water partition coefficient (Wildman–Crippen LogP) is 7.31. The molecule has 2 aliphatic rings. The van der Waals surface area contributed by atoms with E-state index in [9.17, 15) is 0 Å². The van der Waals surface area contributed by atoms with Crippen molar-refractivity contribution in [1.82, 2.24) is 0 Å². The van der Waals surface area contributed by atoms with E-state index in [0.717, 1.165) is 22.6 Å². The minimum absolute atomic E-state index is 0.897. The maximum atomic E-state index is 4.94. The van der Waals surface area contributed by atoms with Gasteiger partial charge in [0.15, 0.2) is 0 Å². The normalized spacial score (nSPS) is 39.0. The van der Waals surface area contributed by atoms with Gasteiger partial charge < -0.3 is 0 Å². The fourth-order valence-corrected chi connectivity index (χ4v) is 14.2. The second kappa shape index (κ2) is 7.83. The Hall–Kier alpha value is 0.860. The lowest BCUT2D eigenvalue weighted by Gasteiger charge is -2.45. The zero-order valence-corrected chi connectivity index (χ0v) is 17.5. The number of hydrogen-bond donors (Lipinski definition) is 0. The molecule has 130 valence electrons.